The zero-order valence-electron chi connectivity index (χ0n) is 11.0. The average molecular weight is 300 g/mol. The Morgan fingerprint density at radius 3 is 2.38 bits per heavy atom. The van der Waals surface area contributed by atoms with E-state index >= 15 is 0 Å². The molecule has 6 heteroatoms. The molecule has 0 aromatic heterocycles. The molecule has 0 saturated heterocycles. The van der Waals surface area contributed by atoms with Gasteiger partial charge in [0.05, 0.1) is 12.2 Å². The van der Waals surface area contributed by atoms with Gasteiger partial charge in [-0.3, -0.25) is 0 Å². The van der Waals surface area contributed by atoms with Gasteiger partial charge in [0.2, 0.25) is 0 Å². The van der Waals surface area contributed by atoms with E-state index in [2.05, 4.69) is 0 Å². The lowest BCUT2D eigenvalue weighted by molar-refractivity contribution is -0.138. The second-order valence-electron chi connectivity index (χ2n) is 4.49. The van der Waals surface area contributed by atoms with Crippen LogP contribution in [0.25, 0.3) is 0 Å². The number of rotatable bonds is 3. The van der Waals surface area contributed by atoms with Crippen LogP contribution < -0.4 is 4.74 Å². The van der Waals surface area contributed by atoms with E-state index in [0.29, 0.717) is 5.56 Å². The molecule has 0 aliphatic rings. The quantitative estimate of drug-likeness (QED) is 0.849. The Bertz CT molecular complexity index is 651. The van der Waals surface area contributed by atoms with Crippen LogP contribution in [0, 0.1) is 12.7 Å². The number of benzene rings is 2. The number of halogens is 4. The molecule has 2 nitrogen and oxygen atoms in total. The van der Waals surface area contributed by atoms with Crippen molar-refractivity contribution in [3.8, 4) is 11.5 Å². The molecule has 112 valence electrons. The minimum absolute atomic E-state index is 0.0331. The minimum atomic E-state index is -4.59. The van der Waals surface area contributed by atoms with Crippen molar-refractivity contribution in [3.05, 3.63) is 58.9 Å². The highest BCUT2D eigenvalue weighted by Crippen LogP contribution is 2.36. The van der Waals surface area contributed by atoms with Crippen molar-refractivity contribution in [1.29, 1.82) is 0 Å². The molecule has 21 heavy (non-hydrogen) atoms. The van der Waals surface area contributed by atoms with Gasteiger partial charge in [-0.25, -0.2) is 4.39 Å². The second kappa shape index (κ2) is 5.73. The van der Waals surface area contributed by atoms with Crippen molar-refractivity contribution >= 4 is 0 Å². The Balaban J connectivity index is 2.37. The third kappa shape index (κ3) is 3.52. The summed E-state index contributed by atoms with van der Waals surface area (Å²) in [7, 11) is 0. The zero-order valence-corrected chi connectivity index (χ0v) is 11.0. The molecule has 0 atom stereocenters. The van der Waals surface area contributed by atoms with Crippen LogP contribution in [0.15, 0.2) is 36.4 Å². The smallest absolute Gasteiger partial charge is 0.416 e. The van der Waals surface area contributed by atoms with E-state index in [4.69, 9.17) is 9.84 Å². The lowest BCUT2D eigenvalue weighted by Crippen LogP contribution is -2.09. The average Bonchev–Trinajstić information content (AvgIpc) is 2.41. The van der Waals surface area contributed by atoms with E-state index < -0.39 is 24.2 Å². The molecule has 0 saturated carbocycles. The molecule has 0 radical (unpaired) electrons. The van der Waals surface area contributed by atoms with Crippen LogP contribution in [0.4, 0.5) is 17.6 Å². The van der Waals surface area contributed by atoms with Gasteiger partial charge in [-0.05, 0) is 48.4 Å². The van der Waals surface area contributed by atoms with Crippen LogP contribution >= 0.6 is 0 Å². The lowest BCUT2D eigenvalue weighted by Gasteiger charge is -2.14. The summed E-state index contributed by atoms with van der Waals surface area (Å²) >= 11 is 0. The van der Waals surface area contributed by atoms with E-state index in [1.807, 2.05) is 0 Å². The van der Waals surface area contributed by atoms with Crippen molar-refractivity contribution in [3.63, 3.8) is 0 Å². The van der Waals surface area contributed by atoms with Crippen molar-refractivity contribution in [2.24, 2.45) is 0 Å². The van der Waals surface area contributed by atoms with Gasteiger partial charge in [0.15, 0.2) is 0 Å². The molecule has 2 rings (SSSR count). The number of hydrogen-bond donors (Lipinski definition) is 1. The number of ether oxygens (including phenoxy) is 1. The van der Waals surface area contributed by atoms with E-state index in [1.165, 1.54) is 18.2 Å². The molecule has 2 aromatic carbocycles. The monoisotopic (exact) mass is 300 g/mol. The van der Waals surface area contributed by atoms with Crippen LogP contribution in [-0.4, -0.2) is 5.11 Å². The number of hydrogen-bond acceptors (Lipinski definition) is 2. The van der Waals surface area contributed by atoms with Crippen molar-refractivity contribution in [2.75, 3.05) is 0 Å². The molecule has 0 bridgehead atoms. The highest BCUT2D eigenvalue weighted by molar-refractivity contribution is 5.41. The van der Waals surface area contributed by atoms with Gasteiger partial charge >= 0.3 is 6.18 Å². The minimum Gasteiger partial charge on any atom is -0.457 e. The Kier molecular flexibility index (Phi) is 4.18. The Hall–Kier alpha value is -2.08. The van der Waals surface area contributed by atoms with Gasteiger partial charge in [-0.15, -0.1) is 0 Å². The predicted molar refractivity (Wildman–Crippen MR) is 68.6 cm³/mol. The SMILES string of the molecule is Cc1cc(F)ccc1Oc1ccc(CO)c(C(F)(F)F)c1. The summed E-state index contributed by atoms with van der Waals surface area (Å²) in [5, 5.41) is 8.95. The van der Waals surface area contributed by atoms with Gasteiger partial charge in [0, 0.05) is 0 Å². The van der Waals surface area contributed by atoms with Crippen LogP contribution in [0.3, 0.4) is 0 Å². The Morgan fingerprint density at radius 2 is 1.81 bits per heavy atom. The third-order valence-corrected chi connectivity index (χ3v) is 2.92. The van der Waals surface area contributed by atoms with E-state index in [0.717, 1.165) is 18.2 Å². The fourth-order valence-corrected chi connectivity index (χ4v) is 1.88. The van der Waals surface area contributed by atoms with Crippen LogP contribution in [0.2, 0.25) is 0 Å². The number of aliphatic hydroxyl groups excluding tert-OH is 1. The first kappa shape index (κ1) is 15.3. The molecular formula is C15H12F4O2. The number of alkyl halides is 3. The maximum Gasteiger partial charge on any atom is 0.416 e. The van der Waals surface area contributed by atoms with E-state index in [1.54, 1.807) is 6.92 Å². The van der Waals surface area contributed by atoms with Crippen molar-refractivity contribution in [1.82, 2.24) is 0 Å². The fraction of sp³-hybridized carbons (Fsp3) is 0.200. The molecule has 1 N–H and O–H groups in total. The largest absolute Gasteiger partial charge is 0.457 e. The molecule has 0 aliphatic carbocycles. The standard InChI is InChI=1S/C15H12F4O2/c1-9-6-11(16)3-5-14(9)21-12-4-2-10(8-20)13(7-12)15(17,18)19/h2-7,20H,8H2,1H3. The normalized spacial score (nSPS) is 11.5. The molecule has 0 heterocycles. The molecule has 2 aromatic rings. The maximum atomic E-state index is 13.0. The summed E-state index contributed by atoms with van der Waals surface area (Å²) in [5.74, 6) is -0.220. The van der Waals surface area contributed by atoms with Gasteiger partial charge in [-0.2, -0.15) is 13.2 Å². The zero-order chi connectivity index (χ0) is 15.6. The summed E-state index contributed by atoms with van der Waals surface area (Å²) in [4.78, 5) is 0. The number of aliphatic hydroxyl groups is 1. The lowest BCUT2D eigenvalue weighted by atomic mass is 10.1. The molecule has 0 spiro atoms. The Morgan fingerprint density at radius 1 is 1.10 bits per heavy atom. The highest BCUT2D eigenvalue weighted by Gasteiger charge is 2.33. The summed E-state index contributed by atoms with van der Waals surface area (Å²) in [6.07, 6.45) is -4.59. The van der Waals surface area contributed by atoms with Gasteiger partial charge in [0.25, 0.3) is 0 Å². The third-order valence-electron chi connectivity index (χ3n) is 2.92. The molecule has 0 amide bonds. The molecular weight excluding hydrogens is 288 g/mol. The fourth-order valence-electron chi connectivity index (χ4n) is 1.88. The van der Waals surface area contributed by atoms with Crippen LogP contribution in [-0.2, 0) is 12.8 Å². The van der Waals surface area contributed by atoms with Gasteiger partial charge in [0.1, 0.15) is 17.3 Å². The summed E-state index contributed by atoms with van der Waals surface area (Å²) in [6.45, 7) is 0.871. The highest BCUT2D eigenvalue weighted by atomic mass is 19.4. The summed E-state index contributed by atoms with van der Waals surface area (Å²) < 4.78 is 56.9. The first-order chi connectivity index (χ1) is 9.81. The predicted octanol–water partition coefficient (Wildman–Crippen LogP) is 4.44. The Labute approximate surface area is 118 Å². The van der Waals surface area contributed by atoms with Crippen molar-refractivity contribution in [2.45, 2.75) is 19.7 Å². The van der Waals surface area contributed by atoms with Crippen LogP contribution in [0.1, 0.15) is 16.7 Å². The maximum absolute atomic E-state index is 13.0. The van der Waals surface area contributed by atoms with Crippen molar-refractivity contribution < 1.29 is 27.4 Å². The molecule has 0 unspecified atom stereocenters. The summed E-state index contributed by atoms with van der Waals surface area (Å²) in [6, 6.07) is 7.02. The van der Waals surface area contributed by atoms with E-state index in [9.17, 15) is 17.6 Å². The summed E-state index contributed by atoms with van der Waals surface area (Å²) in [5.41, 5.74) is -0.720. The van der Waals surface area contributed by atoms with Gasteiger partial charge < -0.3 is 9.84 Å². The van der Waals surface area contributed by atoms with Crippen LogP contribution in [0.5, 0.6) is 11.5 Å². The second-order valence-corrected chi connectivity index (χ2v) is 4.49. The topological polar surface area (TPSA) is 29.5 Å². The first-order valence-electron chi connectivity index (χ1n) is 6.06. The molecule has 0 aliphatic heterocycles. The van der Waals surface area contributed by atoms with Gasteiger partial charge in [-0.1, -0.05) is 6.07 Å². The number of aryl methyl sites for hydroxylation is 1. The molecule has 0 fully saturated rings. The van der Waals surface area contributed by atoms with E-state index in [-0.39, 0.29) is 17.1 Å². The first-order valence-corrected chi connectivity index (χ1v) is 6.06.